The lowest BCUT2D eigenvalue weighted by Gasteiger charge is -2.35. The first-order valence-electron chi connectivity index (χ1n) is 7.03. The van der Waals surface area contributed by atoms with E-state index in [4.69, 9.17) is 0 Å². The number of hydrogen-bond donors (Lipinski definition) is 2. The van der Waals surface area contributed by atoms with Crippen LogP contribution >= 0.6 is 0 Å². The van der Waals surface area contributed by atoms with E-state index in [1.807, 2.05) is 0 Å². The summed E-state index contributed by atoms with van der Waals surface area (Å²) in [6, 6.07) is 0.272. The lowest BCUT2D eigenvalue weighted by Crippen LogP contribution is -2.56. The third-order valence-electron chi connectivity index (χ3n) is 4.37. The molecule has 0 radical (unpaired) electrons. The molecule has 0 aliphatic heterocycles. The quantitative estimate of drug-likeness (QED) is 0.727. The van der Waals surface area contributed by atoms with Crippen molar-refractivity contribution in [1.29, 1.82) is 0 Å². The summed E-state index contributed by atoms with van der Waals surface area (Å²) in [4.78, 5) is 11.6. The van der Waals surface area contributed by atoms with Gasteiger partial charge in [0.2, 0.25) is 0 Å². The maximum atomic E-state index is 11.6. The molecule has 0 aromatic rings. The van der Waals surface area contributed by atoms with Gasteiger partial charge in [0.15, 0.2) is 0 Å². The zero-order chi connectivity index (χ0) is 12.9. The van der Waals surface area contributed by atoms with Gasteiger partial charge in [-0.2, -0.15) is 0 Å². The molecule has 17 heavy (non-hydrogen) atoms. The fourth-order valence-corrected chi connectivity index (χ4v) is 2.68. The van der Waals surface area contributed by atoms with Crippen LogP contribution in [0.2, 0.25) is 0 Å². The molecule has 1 aliphatic rings. The fourth-order valence-electron chi connectivity index (χ4n) is 2.68. The van der Waals surface area contributed by atoms with Gasteiger partial charge in [0, 0.05) is 6.04 Å². The van der Waals surface area contributed by atoms with Crippen LogP contribution in [0.25, 0.3) is 0 Å². The van der Waals surface area contributed by atoms with Crippen LogP contribution in [-0.2, 0) is 4.79 Å². The van der Waals surface area contributed by atoms with E-state index in [0.717, 1.165) is 32.1 Å². The van der Waals surface area contributed by atoms with E-state index < -0.39 is 11.5 Å². The molecule has 0 amide bonds. The largest absolute Gasteiger partial charge is 0.480 e. The summed E-state index contributed by atoms with van der Waals surface area (Å²) in [6.45, 7) is 6.46. The summed E-state index contributed by atoms with van der Waals surface area (Å²) < 4.78 is 0. The summed E-state index contributed by atoms with van der Waals surface area (Å²) in [6.07, 6.45) is 7.07. The number of hydrogen-bond acceptors (Lipinski definition) is 2. The van der Waals surface area contributed by atoms with E-state index in [0.29, 0.717) is 5.92 Å². The summed E-state index contributed by atoms with van der Waals surface area (Å²) in [7, 11) is 0. The maximum Gasteiger partial charge on any atom is 0.323 e. The molecule has 1 saturated carbocycles. The van der Waals surface area contributed by atoms with Gasteiger partial charge >= 0.3 is 5.97 Å². The van der Waals surface area contributed by atoms with Crippen molar-refractivity contribution in [2.24, 2.45) is 5.92 Å². The van der Waals surface area contributed by atoms with Crippen molar-refractivity contribution < 1.29 is 9.90 Å². The van der Waals surface area contributed by atoms with Gasteiger partial charge in [-0.15, -0.1) is 0 Å². The Morgan fingerprint density at radius 1 is 1.24 bits per heavy atom. The van der Waals surface area contributed by atoms with Gasteiger partial charge in [-0.05, 0) is 25.7 Å². The smallest absolute Gasteiger partial charge is 0.323 e. The van der Waals surface area contributed by atoms with Gasteiger partial charge in [0.25, 0.3) is 0 Å². The van der Waals surface area contributed by atoms with Crippen LogP contribution in [-0.4, -0.2) is 22.7 Å². The third-order valence-corrected chi connectivity index (χ3v) is 4.37. The second kappa shape index (κ2) is 6.39. The molecule has 0 aromatic carbocycles. The molecule has 2 unspecified atom stereocenters. The lowest BCUT2D eigenvalue weighted by molar-refractivity contribution is -0.146. The molecule has 2 N–H and O–H groups in total. The van der Waals surface area contributed by atoms with Gasteiger partial charge in [0.1, 0.15) is 5.54 Å². The van der Waals surface area contributed by atoms with Crippen molar-refractivity contribution in [1.82, 2.24) is 5.32 Å². The lowest BCUT2D eigenvalue weighted by atomic mass is 9.87. The molecule has 2 atom stereocenters. The highest BCUT2D eigenvalue weighted by Gasteiger charge is 2.39. The molecule has 3 nitrogen and oxygen atoms in total. The molecule has 1 aliphatic carbocycles. The van der Waals surface area contributed by atoms with Crippen LogP contribution in [0.4, 0.5) is 0 Å². The number of aliphatic carboxylic acids is 1. The maximum absolute atomic E-state index is 11.6. The van der Waals surface area contributed by atoms with Crippen molar-refractivity contribution in [3.05, 3.63) is 0 Å². The monoisotopic (exact) mass is 241 g/mol. The second-order valence-electron chi connectivity index (χ2n) is 5.62. The zero-order valence-electron chi connectivity index (χ0n) is 11.5. The van der Waals surface area contributed by atoms with Gasteiger partial charge in [-0.1, -0.05) is 46.0 Å². The normalized spacial score (nSPS) is 23.7. The minimum atomic E-state index is -0.667. The Morgan fingerprint density at radius 3 is 2.18 bits per heavy atom. The number of carboxylic acids is 1. The average Bonchev–Trinajstić information content (AvgIpc) is 2.54. The summed E-state index contributed by atoms with van der Waals surface area (Å²) >= 11 is 0. The van der Waals surface area contributed by atoms with E-state index in [9.17, 15) is 9.90 Å². The van der Waals surface area contributed by atoms with E-state index in [2.05, 4.69) is 26.1 Å². The Morgan fingerprint density at radius 2 is 1.76 bits per heavy atom. The number of carboxylic acid groups (broad SMARTS) is 1. The zero-order valence-corrected chi connectivity index (χ0v) is 11.5. The molecule has 0 bridgehead atoms. The van der Waals surface area contributed by atoms with E-state index in [-0.39, 0.29) is 6.04 Å². The first kappa shape index (κ1) is 14.5. The first-order valence-corrected chi connectivity index (χ1v) is 7.03. The Labute approximate surface area is 105 Å². The van der Waals surface area contributed by atoms with Crippen LogP contribution in [0.15, 0.2) is 0 Å². The van der Waals surface area contributed by atoms with Crippen molar-refractivity contribution in [3.63, 3.8) is 0 Å². The SMILES string of the molecule is CCC(C)C(C)NC1(C(=O)O)CCCCCC1. The van der Waals surface area contributed by atoms with E-state index in [1.54, 1.807) is 0 Å². The van der Waals surface area contributed by atoms with Crippen molar-refractivity contribution in [2.75, 3.05) is 0 Å². The van der Waals surface area contributed by atoms with E-state index >= 15 is 0 Å². The average molecular weight is 241 g/mol. The summed E-state index contributed by atoms with van der Waals surface area (Å²) in [5.41, 5.74) is -0.667. The molecule has 100 valence electrons. The molecular weight excluding hydrogens is 214 g/mol. The van der Waals surface area contributed by atoms with Gasteiger partial charge in [-0.25, -0.2) is 0 Å². The first-order chi connectivity index (χ1) is 8.02. The molecule has 0 heterocycles. The third kappa shape index (κ3) is 3.70. The van der Waals surface area contributed by atoms with Crippen LogP contribution in [0.1, 0.15) is 65.7 Å². The van der Waals surface area contributed by atoms with Crippen molar-refractivity contribution >= 4 is 5.97 Å². The predicted molar refractivity (Wildman–Crippen MR) is 70.1 cm³/mol. The molecule has 3 heteroatoms. The van der Waals surface area contributed by atoms with E-state index in [1.165, 1.54) is 12.8 Å². The highest BCUT2D eigenvalue weighted by molar-refractivity contribution is 5.78. The molecule has 1 rings (SSSR count). The van der Waals surface area contributed by atoms with Gasteiger partial charge < -0.3 is 5.11 Å². The van der Waals surface area contributed by atoms with Crippen LogP contribution < -0.4 is 5.32 Å². The molecule has 0 saturated heterocycles. The molecule has 0 aromatic heterocycles. The number of carbonyl (C=O) groups is 1. The highest BCUT2D eigenvalue weighted by atomic mass is 16.4. The van der Waals surface area contributed by atoms with Crippen LogP contribution in [0.3, 0.4) is 0 Å². The highest BCUT2D eigenvalue weighted by Crippen LogP contribution is 2.29. The second-order valence-corrected chi connectivity index (χ2v) is 5.62. The Hall–Kier alpha value is -0.570. The Kier molecular flexibility index (Phi) is 5.44. The topological polar surface area (TPSA) is 49.3 Å². The van der Waals surface area contributed by atoms with Crippen molar-refractivity contribution in [3.8, 4) is 0 Å². The van der Waals surface area contributed by atoms with Crippen LogP contribution in [0.5, 0.6) is 0 Å². The van der Waals surface area contributed by atoms with Crippen molar-refractivity contribution in [2.45, 2.75) is 77.3 Å². The predicted octanol–water partition coefficient (Wildman–Crippen LogP) is 3.19. The van der Waals surface area contributed by atoms with Gasteiger partial charge in [-0.3, -0.25) is 10.1 Å². The minimum Gasteiger partial charge on any atom is -0.480 e. The van der Waals surface area contributed by atoms with Crippen LogP contribution in [0, 0.1) is 5.92 Å². The Bertz CT molecular complexity index is 245. The molecule has 0 spiro atoms. The number of nitrogens with one attached hydrogen (secondary N) is 1. The molecular formula is C14H27NO2. The van der Waals surface area contributed by atoms with Gasteiger partial charge in [0.05, 0.1) is 0 Å². The number of rotatable bonds is 5. The minimum absolute atomic E-state index is 0.272. The standard InChI is InChI=1S/C14H27NO2/c1-4-11(2)12(3)15-14(13(16)17)9-7-5-6-8-10-14/h11-12,15H,4-10H2,1-3H3,(H,16,17). The summed E-state index contributed by atoms with van der Waals surface area (Å²) in [5, 5.41) is 13.0. The fraction of sp³-hybridized carbons (Fsp3) is 0.929. The Balaban J connectivity index is 2.73. The molecule has 1 fully saturated rings. The summed E-state index contributed by atoms with van der Waals surface area (Å²) in [5.74, 6) is -0.135.